The summed E-state index contributed by atoms with van der Waals surface area (Å²) in [4.78, 5) is 11.2. The third kappa shape index (κ3) is 3.92. The van der Waals surface area contributed by atoms with Gasteiger partial charge in [0.1, 0.15) is 0 Å². The van der Waals surface area contributed by atoms with Gasteiger partial charge in [-0.3, -0.25) is 5.32 Å². The highest BCUT2D eigenvalue weighted by atomic mass is 35.5. The first-order valence-electron chi connectivity index (χ1n) is 4.31. The maximum Gasteiger partial charge on any atom is 0.412 e. The minimum atomic E-state index is -0.581. The lowest BCUT2D eigenvalue weighted by Gasteiger charge is -2.08. The van der Waals surface area contributed by atoms with E-state index in [2.05, 4.69) is 11.2 Å². The van der Waals surface area contributed by atoms with Gasteiger partial charge in [-0.15, -0.1) is 6.42 Å². The largest absolute Gasteiger partial charge is 0.433 e. The molecule has 0 aliphatic carbocycles. The van der Waals surface area contributed by atoms with E-state index >= 15 is 0 Å². The van der Waals surface area contributed by atoms with Crippen LogP contribution in [0.2, 0.25) is 5.02 Å². The Morgan fingerprint density at radius 1 is 1.53 bits per heavy atom. The van der Waals surface area contributed by atoms with Gasteiger partial charge in [-0.05, 0) is 31.2 Å². The first-order valence-corrected chi connectivity index (χ1v) is 4.69. The van der Waals surface area contributed by atoms with Crippen molar-refractivity contribution in [1.82, 2.24) is 0 Å². The van der Waals surface area contributed by atoms with E-state index < -0.39 is 12.2 Å². The monoisotopic (exact) mass is 223 g/mol. The Bertz CT molecular complexity index is 381. The minimum Gasteiger partial charge on any atom is -0.433 e. The summed E-state index contributed by atoms with van der Waals surface area (Å²) in [5, 5.41) is 3.12. The first-order chi connectivity index (χ1) is 7.11. The molecule has 0 aliphatic heterocycles. The summed E-state index contributed by atoms with van der Waals surface area (Å²) in [6.07, 6.45) is 3.94. The molecule has 0 saturated heterocycles. The molecule has 0 radical (unpaired) electrons. The number of halogens is 1. The highest BCUT2D eigenvalue weighted by Crippen LogP contribution is 2.13. The van der Waals surface area contributed by atoms with Crippen molar-refractivity contribution in [3.05, 3.63) is 29.3 Å². The molecule has 3 nitrogen and oxygen atoms in total. The lowest BCUT2D eigenvalue weighted by Crippen LogP contribution is -2.18. The number of carbonyl (C=O) groups is 1. The summed E-state index contributed by atoms with van der Waals surface area (Å²) < 4.78 is 4.81. The average molecular weight is 224 g/mol. The molecule has 0 spiro atoms. The fourth-order valence-electron chi connectivity index (χ4n) is 0.875. The van der Waals surface area contributed by atoms with Gasteiger partial charge in [-0.1, -0.05) is 17.5 Å². The quantitative estimate of drug-likeness (QED) is 0.783. The molecule has 0 aliphatic rings. The normalized spacial score (nSPS) is 11.3. The predicted molar refractivity (Wildman–Crippen MR) is 59.9 cm³/mol. The van der Waals surface area contributed by atoms with E-state index in [1.165, 1.54) is 0 Å². The SMILES string of the molecule is C#CC(C)OC(=O)Nc1ccc(Cl)cc1. The lowest BCUT2D eigenvalue weighted by molar-refractivity contribution is 0.145. The van der Waals surface area contributed by atoms with Crippen LogP contribution in [0.3, 0.4) is 0 Å². The van der Waals surface area contributed by atoms with E-state index in [-0.39, 0.29) is 0 Å². The van der Waals surface area contributed by atoms with Crippen LogP contribution in [0.15, 0.2) is 24.3 Å². The van der Waals surface area contributed by atoms with Gasteiger partial charge in [0.25, 0.3) is 0 Å². The van der Waals surface area contributed by atoms with Crippen molar-refractivity contribution < 1.29 is 9.53 Å². The molecular formula is C11H10ClNO2. The Hall–Kier alpha value is -1.66. The van der Waals surface area contributed by atoms with Crippen LogP contribution in [-0.4, -0.2) is 12.2 Å². The molecule has 0 fully saturated rings. The Balaban J connectivity index is 2.52. The molecule has 0 bridgehead atoms. The van der Waals surface area contributed by atoms with Crippen LogP contribution in [0.4, 0.5) is 10.5 Å². The van der Waals surface area contributed by atoms with Gasteiger partial charge < -0.3 is 4.74 Å². The predicted octanol–water partition coefficient (Wildman–Crippen LogP) is 2.91. The van der Waals surface area contributed by atoms with E-state index in [0.717, 1.165) is 0 Å². The second-order valence-electron chi connectivity index (χ2n) is 2.85. The number of carbonyl (C=O) groups excluding carboxylic acids is 1. The molecule has 0 saturated carbocycles. The number of amides is 1. The van der Waals surface area contributed by atoms with Gasteiger partial charge in [-0.25, -0.2) is 4.79 Å². The number of hydrogen-bond acceptors (Lipinski definition) is 2. The minimum absolute atomic E-state index is 0.544. The number of hydrogen-bond donors (Lipinski definition) is 1. The van der Waals surface area contributed by atoms with Crippen molar-refractivity contribution in [1.29, 1.82) is 0 Å². The fraction of sp³-hybridized carbons (Fsp3) is 0.182. The summed E-state index contributed by atoms with van der Waals surface area (Å²) in [7, 11) is 0. The van der Waals surface area contributed by atoms with Crippen molar-refractivity contribution in [3.8, 4) is 12.3 Å². The summed E-state index contributed by atoms with van der Waals surface area (Å²) in [5.41, 5.74) is 0.605. The maximum atomic E-state index is 11.2. The van der Waals surface area contributed by atoms with Gasteiger partial charge in [0, 0.05) is 10.7 Å². The zero-order valence-corrected chi connectivity index (χ0v) is 8.91. The van der Waals surface area contributed by atoms with E-state index in [9.17, 15) is 4.79 Å². The Morgan fingerprint density at radius 3 is 2.67 bits per heavy atom. The lowest BCUT2D eigenvalue weighted by atomic mass is 10.3. The average Bonchev–Trinajstić information content (AvgIpc) is 2.21. The number of benzene rings is 1. The molecule has 15 heavy (non-hydrogen) atoms. The van der Waals surface area contributed by atoms with Crippen LogP contribution in [0.25, 0.3) is 0 Å². The van der Waals surface area contributed by atoms with Crippen molar-refractivity contribution in [3.63, 3.8) is 0 Å². The topological polar surface area (TPSA) is 38.3 Å². The fourth-order valence-corrected chi connectivity index (χ4v) is 1.00. The number of ether oxygens (including phenoxy) is 1. The van der Waals surface area contributed by atoms with Gasteiger partial charge in [-0.2, -0.15) is 0 Å². The Labute approximate surface area is 93.4 Å². The zero-order chi connectivity index (χ0) is 11.3. The van der Waals surface area contributed by atoms with Gasteiger partial charge in [0.2, 0.25) is 0 Å². The standard InChI is InChI=1S/C11H10ClNO2/c1-3-8(2)15-11(14)13-10-6-4-9(12)5-7-10/h1,4-8H,2H3,(H,13,14). The summed E-state index contributed by atoms with van der Waals surface area (Å²) in [5.74, 6) is 2.29. The zero-order valence-electron chi connectivity index (χ0n) is 8.16. The molecule has 0 aromatic heterocycles. The number of anilines is 1. The van der Waals surface area contributed by atoms with Gasteiger partial charge in [0.05, 0.1) is 0 Å². The number of terminal acetylenes is 1. The summed E-state index contributed by atoms with van der Waals surface area (Å²) in [6.45, 7) is 1.61. The van der Waals surface area contributed by atoms with Crippen LogP contribution >= 0.6 is 11.6 Å². The van der Waals surface area contributed by atoms with Crippen LogP contribution in [0.1, 0.15) is 6.92 Å². The van der Waals surface area contributed by atoms with Crippen LogP contribution in [0, 0.1) is 12.3 Å². The molecule has 1 aromatic rings. The third-order valence-electron chi connectivity index (χ3n) is 1.61. The van der Waals surface area contributed by atoms with E-state index in [1.54, 1.807) is 31.2 Å². The van der Waals surface area contributed by atoms with Gasteiger partial charge in [0.15, 0.2) is 6.10 Å². The molecule has 1 unspecified atom stereocenters. The molecule has 0 heterocycles. The number of rotatable bonds is 2. The van der Waals surface area contributed by atoms with Crippen molar-refractivity contribution >= 4 is 23.4 Å². The molecule has 4 heteroatoms. The highest BCUT2D eigenvalue weighted by molar-refractivity contribution is 6.30. The van der Waals surface area contributed by atoms with Gasteiger partial charge >= 0.3 is 6.09 Å². The van der Waals surface area contributed by atoms with Crippen LogP contribution in [-0.2, 0) is 4.74 Å². The molecule has 1 rings (SSSR count). The second-order valence-corrected chi connectivity index (χ2v) is 3.28. The molecule has 78 valence electrons. The first kappa shape index (κ1) is 11.4. The summed E-state index contributed by atoms with van der Waals surface area (Å²) in [6, 6.07) is 6.68. The Kier molecular flexibility index (Phi) is 4.02. The third-order valence-corrected chi connectivity index (χ3v) is 1.86. The molecule has 1 aromatic carbocycles. The molecule has 1 N–H and O–H groups in total. The molecular weight excluding hydrogens is 214 g/mol. The van der Waals surface area contributed by atoms with E-state index in [1.807, 2.05) is 0 Å². The molecule has 1 amide bonds. The van der Waals surface area contributed by atoms with Crippen molar-refractivity contribution in [2.24, 2.45) is 0 Å². The maximum absolute atomic E-state index is 11.2. The Morgan fingerprint density at radius 2 is 2.13 bits per heavy atom. The second kappa shape index (κ2) is 5.28. The van der Waals surface area contributed by atoms with Crippen molar-refractivity contribution in [2.75, 3.05) is 5.32 Å². The molecule has 1 atom stereocenters. The van der Waals surface area contributed by atoms with E-state index in [4.69, 9.17) is 22.8 Å². The number of nitrogens with one attached hydrogen (secondary N) is 1. The van der Waals surface area contributed by atoms with Crippen LogP contribution in [0.5, 0.6) is 0 Å². The smallest absolute Gasteiger partial charge is 0.412 e. The van der Waals surface area contributed by atoms with Crippen LogP contribution < -0.4 is 5.32 Å². The van der Waals surface area contributed by atoms with Crippen molar-refractivity contribution in [2.45, 2.75) is 13.0 Å². The summed E-state index contributed by atoms with van der Waals surface area (Å²) >= 11 is 5.68. The highest BCUT2D eigenvalue weighted by Gasteiger charge is 2.06. The van der Waals surface area contributed by atoms with E-state index in [0.29, 0.717) is 10.7 Å².